The molecule has 3 heterocycles. The third kappa shape index (κ3) is 2.00. The molecule has 0 saturated heterocycles. The number of halogens is 1. The second-order valence-electron chi connectivity index (χ2n) is 5.12. The number of amides is 1. The maximum atomic E-state index is 14.3. The molecule has 8 heteroatoms. The number of imidazole rings is 1. The monoisotopic (exact) mass is 325 g/mol. The van der Waals surface area contributed by atoms with E-state index in [0.717, 1.165) is 10.9 Å². The first-order valence-corrected chi connectivity index (χ1v) is 7.11. The molecule has 3 aromatic heterocycles. The van der Waals surface area contributed by atoms with E-state index in [1.165, 1.54) is 19.5 Å². The number of carbonyl (C=O) groups is 1. The third-order valence-electron chi connectivity index (χ3n) is 3.85. The van der Waals surface area contributed by atoms with Crippen LogP contribution in [0.2, 0.25) is 0 Å². The predicted molar refractivity (Wildman–Crippen MR) is 87.4 cm³/mol. The largest absolute Gasteiger partial charge is 0.494 e. The Hall–Kier alpha value is -3.42. The summed E-state index contributed by atoms with van der Waals surface area (Å²) in [6, 6.07) is 4.86. The molecule has 0 bridgehead atoms. The second-order valence-corrected chi connectivity index (χ2v) is 5.12. The summed E-state index contributed by atoms with van der Waals surface area (Å²) in [7, 11) is 1.52. The van der Waals surface area contributed by atoms with Gasteiger partial charge >= 0.3 is 0 Å². The topological polar surface area (TPSA) is 95.7 Å². The van der Waals surface area contributed by atoms with Gasteiger partial charge < -0.3 is 20.0 Å². The molecule has 0 aliphatic rings. The Morgan fingerprint density at radius 3 is 2.96 bits per heavy atom. The molecule has 120 valence electrons. The first-order valence-electron chi connectivity index (χ1n) is 7.11. The summed E-state index contributed by atoms with van der Waals surface area (Å²) in [5.74, 6) is 0.483. The zero-order valence-corrected chi connectivity index (χ0v) is 12.6. The lowest BCUT2D eigenvalue weighted by atomic mass is 10.0. The first-order chi connectivity index (χ1) is 11.7. The van der Waals surface area contributed by atoms with E-state index in [1.807, 2.05) is 0 Å². The second kappa shape index (κ2) is 5.34. The highest BCUT2D eigenvalue weighted by Crippen LogP contribution is 2.39. The Morgan fingerprint density at radius 2 is 2.17 bits per heavy atom. The van der Waals surface area contributed by atoms with Crippen molar-refractivity contribution in [2.24, 2.45) is 0 Å². The van der Waals surface area contributed by atoms with Gasteiger partial charge in [0, 0.05) is 22.7 Å². The van der Waals surface area contributed by atoms with Gasteiger partial charge in [-0.1, -0.05) is 0 Å². The van der Waals surface area contributed by atoms with E-state index in [0.29, 0.717) is 34.7 Å². The van der Waals surface area contributed by atoms with Crippen molar-refractivity contribution in [3.8, 4) is 16.9 Å². The van der Waals surface area contributed by atoms with Crippen molar-refractivity contribution >= 4 is 34.3 Å². The van der Waals surface area contributed by atoms with E-state index in [1.54, 1.807) is 18.3 Å². The number of pyridine rings is 1. The Balaban J connectivity index is 1.97. The number of methoxy groups -OCH3 is 1. The van der Waals surface area contributed by atoms with Gasteiger partial charge in [-0.3, -0.25) is 4.79 Å². The molecular formula is C16H12FN5O2. The molecule has 0 spiro atoms. The van der Waals surface area contributed by atoms with E-state index >= 15 is 0 Å². The average molecular weight is 325 g/mol. The number of ether oxygens (including phenoxy) is 1. The van der Waals surface area contributed by atoms with Crippen molar-refractivity contribution in [2.45, 2.75) is 0 Å². The number of nitrogens with zero attached hydrogens (tertiary/aromatic N) is 2. The normalized spacial score (nSPS) is 11.1. The molecule has 0 saturated carbocycles. The summed E-state index contributed by atoms with van der Waals surface area (Å²) >= 11 is 0. The smallest absolute Gasteiger partial charge is 0.212 e. The van der Waals surface area contributed by atoms with Crippen molar-refractivity contribution < 1.29 is 13.9 Å². The van der Waals surface area contributed by atoms with Crippen LogP contribution >= 0.6 is 0 Å². The molecule has 0 radical (unpaired) electrons. The number of anilines is 1. The highest BCUT2D eigenvalue weighted by atomic mass is 19.1. The van der Waals surface area contributed by atoms with Crippen LogP contribution in [0.15, 0.2) is 30.7 Å². The summed E-state index contributed by atoms with van der Waals surface area (Å²) in [4.78, 5) is 24.7. The molecular weight excluding hydrogens is 313 g/mol. The van der Waals surface area contributed by atoms with Gasteiger partial charge in [0.25, 0.3) is 0 Å². The molecule has 0 fully saturated rings. The minimum Gasteiger partial charge on any atom is -0.494 e. The van der Waals surface area contributed by atoms with Gasteiger partial charge in [-0.05, 0) is 18.2 Å². The minimum absolute atomic E-state index is 0.228. The molecule has 4 rings (SSSR count). The molecule has 0 atom stereocenters. The molecule has 3 N–H and O–H groups in total. The van der Waals surface area contributed by atoms with Crippen molar-refractivity contribution in [3.05, 3.63) is 36.5 Å². The van der Waals surface area contributed by atoms with E-state index in [4.69, 9.17) is 4.74 Å². The lowest BCUT2D eigenvalue weighted by Gasteiger charge is -2.09. The number of hydrogen-bond donors (Lipinski definition) is 3. The molecule has 1 aromatic carbocycles. The number of fused-ring (bicyclic) bond motifs is 2. The highest BCUT2D eigenvalue weighted by Gasteiger charge is 2.19. The lowest BCUT2D eigenvalue weighted by molar-refractivity contribution is -0.105. The third-order valence-corrected chi connectivity index (χ3v) is 3.85. The highest BCUT2D eigenvalue weighted by molar-refractivity contribution is 6.00. The number of aromatic nitrogens is 4. The van der Waals surface area contributed by atoms with Crippen LogP contribution in [0.25, 0.3) is 33.2 Å². The van der Waals surface area contributed by atoms with Crippen LogP contribution in [0.1, 0.15) is 0 Å². The van der Waals surface area contributed by atoms with Crippen LogP contribution in [0, 0.1) is 5.82 Å². The molecule has 7 nitrogen and oxygen atoms in total. The van der Waals surface area contributed by atoms with Crippen LogP contribution in [0.3, 0.4) is 0 Å². The quantitative estimate of drug-likeness (QED) is 0.503. The maximum Gasteiger partial charge on any atom is 0.212 e. The van der Waals surface area contributed by atoms with E-state index < -0.39 is 5.82 Å². The van der Waals surface area contributed by atoms with E-state index in [-0.39, 0.29) is 5.52 Å². The Bertz CT molecular complexity index is 1070. The van der Waals surface area contributed by atoms with Crippen LogP contribution < -0.4 is 10.1 Å². The summed E-state index contributed by atoms with van der Waals surface area (Å²) in [6.07, 6.45) is 3.71. The number of hydrogen-bond acceptors (Lipinski definition) is 4. The summed E-state index contributed by atoms with van der Waals surface area (Å²) in [5, 5.41) is 3.27. The number of carbonyl (C=O) groups excluding carboxylic acids is 1. The zero-order chi connectivity index (χ0) is 16.7. The van der Waals surface area contributed by atoms with E-state index in [2.05, 4.69) is 25.3 Å². The van der Waals surface area contributed by atoms with Gasteiger partial charge in [-0.2, -0.15) is 0 Å². The van der Waals surface area contributed by atoms with Gasteiger partial charge in [-0.15, -0.1) is 0 Å². The molecule has 1 amide bonds. The van der Waals surface area contributed by atoms with Gasteiger partial charge in [-0.25, -0.2) is 14.4 Å². The number of H-pyrrole nitrogens is 2. The van der Waals surface area contributed by atoms with Gasteiger partial charge in [0.15, 0.2) is 11.6 Å². The number of benzene rings is 1. The Kier molecular flexibility index (Phi) is 3.16. The molecule has 0 aliphatic carbocycles. The van der Waals surface area contributed by atoms with E-state index in [9.17, 15) is 9.18 Å². The van der Waals surface area contributed by atoms with Crippen molar-refractivity contribution in [3.63, 3.8) is 0 Å². The lowest BCUT2D eigenvalue weighted by Crippen LogP contribution is -1.96. The number of rotatable bonds is 4. The standard InChI is InChI=1S/C16H12FN5O2/c1-24-15-9(4-11(17)13-14(15)20-6-19-13)10-5-18-16-8(10)2-3-12(22-16)21-7-23/h2-7H,1H3,(H,19,20)(H2,18,21,22,23). The molecule has 0 aliphatic heterocycles. The van der Waals surface area contributed by atoms with Crippen molar-refractivity contribution in [1.82, 2.24) is 19.9 Å². The Labute approximate surface area is 134 Å². The SMILES string of the molecule is COc1c(-c2c[nH]c3nc(NC=O)ccc23)cc(F)c2nc[nH]c12. The fourth-order valence-corrected chi connectivity index (χ4v) is 2.82. The van der Waals surface area contributed by atoms with Gasteiger partial charge in [0.05, 0.1) is 13.4 Å². The van der Waals surface area contributed by atoms with Crippen LogP contribution in [0.4, 0.5) is 10.2 Å². The predicted octanol–water partition coefficient (Wildman–Crippen LogP) is 2.82. The van der Waals surface area contributed by atoms with Gasteiger partial charge in [0.2, 0.25) is 6.41 Å². The number of aromatic amines is 2. The van der Waals surface area contributed by atoms with Crippen molar-refractivity contribution in [2.75, 3.05) is 12.4 Å². The van der Waals surface area contributed by atoms with Crippen LogP contribution in [0.5, 0.6) is 5.75 Å². The minimum atomic E-state index is -0.441. The molecule has 4 aromatic rings. The summed E-state index contributed by atoms with van der Waals surface area (Å²) in [6.45, 7) is 0. The fourth-order valence-electron chi connectivity index (χ4n) is 2.82. The van der Waals surface area contributed by atoms with Gasteiger partial charge in [0.1, 0.15) is 22.5 Å². The fraction of sp³-hybridized carbons (Fsp3) is 0.0625. The van der Waals surface area contributed by atoms with Crippen molar-refractivity contribution in [1.29, 1.82) is 0 Å². The molecule has 24 heavy (non-hydrogen) atoms. The van der Waals surface area contributed by atoms with Crippen LogP contribution in [-0.4, -0.2) is 33.5 Å². The maximum absolute atomic E-state index is 14.3. The average Bonchev–Trinajstić information content (AvgIpc) is 3.21. The number of nitrogens with one attached hydrogen (secondary N) is 3. The summed E-state index contributed by atoms with van der Waals surface area (Å²) in [5.41, 5.74) is 2.61. The molecule has 0 unspecified atom stereocenters. The first kappa shape index (κ1) is 14.2. The Morgan fingerprint density at radius 1 is 1.29 bits per heavy atom. The summed E-state index contributed by atoms with van der Waals surface area (Å²) < 4.78 is 19.8. The van der Waals surface area contributed by atoms with Crippen LogP contribution in [-0.2, 0) is 4.79 Å². The zero-order valence-electron chi connectivity index (χ0n) is 12.6.